The lowest BCUT2D eigenvalue weighted by Crippen LogP contribution is -2.34. The number of fused-ring (bicyclic) bond motifs is 1. The van der Waals surface area contributed by atoms with Crippen LogP contribution in [-0.4, -0.2) is 27.7 Å². The SMILES string of the molecule is COc1cccc(-c2csc3ncn(CC(C)(C)C(=O)O)c(=O)c23)c1. The van der Waals surface area contributed by atoms with Gasteiger partial charge in [0.1, 0.15) is 10.6 Å². The molecule has 0 unspecified atom stereocenters. The van der Waals surface area contributed by atoms with Crippen molar-refractivity contribution in [2.45, 2.75) is 20.4 Å². The van der Waals surface area contributed by atoms with Gasteiger partial charge in [-0.15, -0.1) is 11.3 Å². The monoisotopic (exact) mass is 358 g/mol. The molecule has 0 atom stereocenters. The molecular weight excluding hydrogens is 340 g/mol. The summed E-state index contributed by atoms with van der Waals surface area (Å²) in [5, 5.41) is 11.7. The van der Waals surface area contributed by atoms with E-state index in [4.69, 9.17) is 4.74 Å². The second kappa shape index (κ2) is 6.33. The Kier molecular flexibility index (Phi) is 4.34. The molecule has 0 saturated carbocycles. The van der Waals surface area contributed by atoms with Crippen LogP contribution in [0.5, 0.6) is 5.75 Å². The molecule has 0 aliphatic rings. The van der Waals surface area contributed by atoms with Crippen molar-refractivity contribution >= 4 is 27.5 Å². The number of carboxylic acids is 1. The molecule has 0 radical (unpaired) electrons. The number of hydrogen-bond donors (Lipinski definition) is 1. The molecule has 0 saturated heterocycles. The van der Waals surface area contributed by atoms with Crippen LogP contribution in [0, 0.1) is 5.41 Å². The standard InChI is InChI=1S/C18H18N2O4S/c1-18(2,17(22)23)9-20-10-19-15-14(16(20)21)13(8-25-15)11-5-4-6-12(7-11)24-3/h4-8,10H,9H2,1-3H3,(H,22,23). The molecule has 7 heteroatoms. The zero-order chi connectivity index (χ0) is 18.2. The molecule has 1 aromatic carbocycles. The van der Waals surface area contributed by atoms with Crippen molar-refractivity contribution in [3.63, 3.8) is 0 Å². The molecule has 0 aliphatic heterocycles. The third-order valence-corrected chi connectivity index (χ3v) is 4.97. The van der Waals surface area contributed by atoms with Gasteiger partial charge < -0.3 is 9.84 Å². The van der Waals surface area contributed by atoms with Crippen molar-refractivity contribution in [2.24, 2.45) is 5.41 Å². The van der Waals surface area contributed by atoms with Gasteiger partial charge in [0, 0.05) is 17.5 Å². The summed E-state index contributed by atoms with van der Waals surface area (Å²) in [7, 11) is 1.59. The Morgan fingerprint density at radius 1 is 1.40 bits per heavy atom. The van der Waals surface area contributed by atoms with Gasteiger partial charge in [-0.05, 0) is 31.5 Å². The van der Waals surface area contributed by atoms with E-state index in [2.05, 4.69) is 4.98 Å². The zero-order valence-corrected chi connectivity index (χ0v) is 15.0. The Morgan fingerprint density at radius 3 is 2.84 bits per heavy atom. The Morgan fingerprint density at radius 2 is 2.16 bits per heavy atom. The molecule has 1 N–H and O–H groups in total. The van der Waals surface area contributed by atoms with E-state index < -0.39 is 11.4 Å². The first-order valence-electron chi connectivity index (χ1n) is 7.68. The third kappa shape index (κ3) is 3.15. The minimum atomic E-state index is -1.06. The van der Waals surface area contributed by atoms with Crippen molar-refractivity contribution in [1.29, 1.82) is 0 Å². The number of aromatic nitrogens is 2. The maximum atomic E-state index is 12.9. The molecule has 0 amide bonds. The van der Waals surface area contributed by atoms with Gasteiger partial charge in [-0.1, -0.05) is 12.1 Å². The quantitative estimate of drug-likeness (QED) is 0.757. The molecular formula is C18H18N2O4S. The van der Waals surface area contributed by atoms with Gasteiger partial charge >= 0.3 is 5.97 Å². The van der Waals surface area contributed by atoms with Gasteiger partial charge in [-0.2, -0.15) is 0 Å². The highest BCUT2D eigenvalue weighted by Gasteiger charge is 2.28. The van der Waals surface area contributed by atoms with E-state index in [0.29, 0.717) is 16.0 Å². The van der Waals surface area contributed by atoms with Crippen molar-refractivity contribution < 1.29 is 14.6 Å². The minimum Gasteiger partial charge on any atom is -0.497 e. The van der Waals surface area contributed by atoms with Crippen LogP contribution in [0.1, 0.15) is 13.8 Å². The molecule has 0 spiro atoms. The van der Waals surface area contributed by atoms with Crippen molar-refractivity contribution in [3.8, 4) is 16.9 Å². The highest BCUT2D eigenvalue weighted by Crippen LogP contribution is 2.32. The first kappa shape index (κ1) is 17.2. The fourth-order valence-corrected chi connectivity index (χ4v) is 3.48. The molecule has 25 heavy (non-hydrogen) atoms. The molecule has 0 bridgehead atoms. The Labute approximate surface area is 148 Å². The second-order valence-corrected chi connectivity index (χ2v) is 7.29. The number of nitrogens with zero attached hydrogens (tertiary/aromatic N) is 2. The van der Waals surface area contributed by atoms with E-state index in [1.165, 1.54) is 22.2 Å². The number of rotatable bonds is 5. The van der Waals surface area contributed by atoms with Crippen molar-refractivity contribution in [2.75, 3.05) is 7.11 Å². The lowest BCUT2D eigenvalue weighted by molar-refractivity contribution is -0.147. The van der Waals surface area contributed by atoms with Gasteiger partial charge in [0.15, 0.2) is 0 Å². The molecule has 2 heterocycles. The Hall–Kier alpha value is -2.67. The molecule has 0 aliphatic carbocycles. The lowest BCUT2D eigenvalue weighted by atomic mass is 9.94. The number of benzene rings is 1. The number of ether oxygens (including phenoxy) is 1. The first-order chi connectivity index (χ1) is 11.8. The fourth-order valence-electron chi connectivity index (χ4n) is 2.58. The summed E-state index contributed by atoms with van der Waals surface area (Å²) >= 11 is 1.39. The van der Waals surface area contributed by atoms with E-state index in [-0.39, 0.29) is 12.1 Å². The van der Waals surface area contributed by atoms with Crippen LogP contribution in [-0.2, 0) is 11.3 Å². The molecule has 2 aromatic heterocycles. The molecule has 3 rings (SSSR count). The van der Waals surface area contributed by atoms with Crippen LogP contribution in [0.15, 0.2) is 40.8 Å². The van der Waals surface area contributed by atoms with Crippen LogP contribution in [0.25, 0.3) is 21.3 Å². The van der Waals surface area contributed by atoms with E-state index in [1.54, 1.807) is 21.0 Å². The predicted molar refractivity (Wildman–Crippen MR) is 97.3 cm³/mol. The molecule has 0 fully saturated rings. The first-order valence-corrected chi connectivity index (χ1v) is 8.56. The average molecular weight is 358 g/mol. The van der Waals surface area contributed by atoms with E-state index in [0.717, 1.165) is 11.1 Å². The van der Waals surface area contributed by atoms with Gasteiger partial charge in [-0.25, -0.2) is 4.98 Å². The van der Waals surface area contributed by atoms with Gasteiger partial charge in [0.25, 0.3) is 5.56 Å². The van der Waals surface area contributed by atoms with Crippen LogP contribution in [0.3, 0.4) is 0 Å². The molecule has 130 valence electrons. The maximum Gasteiger partial charge on any atom is 0.310 e. The highest BCUT2D eigenvalue weighted by molar-refractivity contribution is 7.17. The summed E-state index contributed by atoms with van der Waals surface area (Å²) in [4.78, 5) is 29.3. The second-order valence-electron chi connectivity index (χ2n) is 6.43. The van der Waals surface area contributed by atoms with Crippen molar-refractivity contribution in [3.05, 3.63) is 46.3 Å². The molecule has 6 nitrogen and oxygen atoms in total. The van der Waals surface area contributed by atoms with Crippen LogP contribution >= 0.6 is 11.3 Å². The summed E-state index contributed by atoms with van der Waals surface area (Å²) in [6.45, 7) is 3.22. The maximum absolute atomic E-state index is 12.9. The van der Waals surface area contributed by atoms with E-state index >= 15 is 0 Å². The lowest BCUT2D eigenvalue weighted by Gasteiger charge is -2.20. The van der Waals surface area contributed by atoms with Gasteiger partial charge in [0.05, 0.1) is 24.2 Å². The predicted octanol–water partition coefficient (Wildman–Crippen LogP) is 3.24. The number of aliphatic carboxylic acids is 1. The number of thiophene rings is 1. The fraction of sp³-hybridized carbons (Fsp3) is 0.278. The van der Waals surface area contributed by atoms with E-state index in [9.17, 15) is 14.7 Å². The number of methoxy groups -OCH3 is 1. The van der Waals surface area contributed by atoms with Crippen molar-refractivity contribution in [1.82, 2.24) is 9.55 Å². The van der Waals surface area contributed by atoms with Crippen LogP contribution < -0.4 is 10.3 Å². The molecule has 3 aromatic rings. The summed E-state index contributed by atoms with van der Waals surface area (Å²) in [6.07, 6.45) is 1.42. The summed E-state index contributed by atoms with van der Waals surface area (Å²) in [5.41, 5.74) is 0.336. The summed E-state index contributed by atoms with van der Waals surface area (Å²) in [5.74, 6) is -0.258. The number of carbonyl (C=O) groups is 1. The van der Waals surface area contributed by atoms with E-state index in [1.807, 2.05) is 29.6 Å². The Bertz CT molecular complexity index is 1000. The average Bonchev–Trinajstić information content (AvgIpc) is 3.02. The smallest absolute Gasteiger partial charge is 0.310 e. The minimum absolute atomic E-state index is 0.0531. The van der Waals surface area contributed by atoms with Gasteiger partial charge in [0.2, 0.25) is 0 Å². The van der Waals surface area contributed by atoms with Crippen LogP contribution in [0.2, 0.25) is 0 Å². The van der Waals surface area contributed by atoms with Crippen LogP contribution in [0.4, 0.5) is 0 Å². The Balaban J connectivity index is 2.15. The third-order valence-electron chi connectivity index (χ3n) is 4.09. The summed E-state index contributed by atoms with van der Waals surface area (Å²) < 4.78 is 6.62. The largest absolute Gasteiger partial charge is 0.497 e. The summed E-state index contributed by atoms with van der Waals surface area (Å²) in [6, 6.07) is 7.46. The van der Waals surface area contributed by atoms with Gasteiger partial charge in [-0.3, -0.25) is 14.2 Å². The number of carboxylic acid groups (broad SMARTS) is 1. The zero-order valence-electron chi connectivity index (χ0n) is 14.1. The topological polar surface area (TPSA) is 81.4 Å². The number of hydrogen-bond acceptors (Lipinski definition) is 5. The highest BCUT2D eigenvalue weighted by atomic mass is 32.1. The normalized spacial score (nSPS) is 11.6.